The maximum absolute atomic E-state index is 6.14. The summed E-state index contributed by atoms with van der Waals surface area (Å²) in [5.41, 5.74) is 23.3. The molecule has 0 spiro atoms. The number of pyridine rings is 1. The van der Waals surface area contributed by atoms with Gasteiger partial charge in [0.25, 0.3) is 0 Å². The van der Waals surface area contributed by atoms with E-state index in [9.17, 15) is 0 Å². The number of aromatic nitrogens is 5. The van der Waals surface area contributed by atoms with Gasteiger partial charge < -0.3 is 27.1 Å². The van der Waals surface area contributed by atoms with Gasteiger partial charge in [-0.15, -0.1) is 0 Å². The molecule has 9 heteroatoms. The highest BCUT2D eigenvalue weighted by atomic mass is 15.2. The maximum atomic E-state index is 6.14. The third kappa shape index (κ3) is 4.38. The van der Waals surface area contributed by atoms with Crippen LogP contribution >= 0.6 is 0 Å². The highest BCUT2D eigenvalue weighted by molar-refractivity contribution is 5.85. The van der Waals surface area contributed by atoms with E-state index in [2.05, 4.69) is 24.8 Å². The Morgan fingerprint density at radius 1 is 1.06 bits per heavy atom. The second kappa shape index (κ2) is 9.26. The van der Waals surface area contributed by atoms with Crippen LogP contribution in [-0.2, 0) is 13.0 Å². The van der Waals surface area contributed by atoms with Gasteiger partial charge in [0.2, 0.25) is 5.95 Å². The summed E-state index contributed by atoms with van der Waals surface area (Å²) >= 11 is 0. The largest absolute Gasteiger partial charge is 0.398 e. The first-order chi connectivity index (χ1) is 16.5. The number of rotatable bonds is 7. The normalized spacial score (nSPS) is 15.1. The van der Waals surface area contributed by atoms with Gasteiger partial charge in [-0.25, -0.2) is 4.98 Å². The molecule has 0 aliphatic heterocycles. The van der Waals surface area contributed by atoms with Crippen LogP contribution in [0.2, 0.25) is 0 Å². The van der Waals surface area contributed by atoms with Crippen LogP contribution in [0, 0.1) is 0 Å². The average molecular weight is 458 g/mol. The van der Waals surface area contributed by atoms with Crippen LogP contribution in [0.3, 0.4) is 0 Å². The van der Waals surface area contributed by atoms with Crippen LogP contribution in [0.25, 0.3) is 22.4 Å². The fourth-order valence-corrected chi connectivity index (χ4v) is 4.74. The van der Waals surface area contributed by atoms with Gasteiger partial charge in [-0.3, -0.25) is 4.98 Å². The fourth-order valence-electron chi connectivity index (χ4n) is 4.74. The highest BCUT2D eigenvalue weighted by Gasteiger charge is 2.25. The zero-order valence-corrected chi connectivity index (χ0v) is 19.4. The quantitative estimate of drug-likeness (QED) is 0.307. The van der Waals surface area contributed by atoms with Crippen LogP contribution in [0.1, 0.15) is 50.0 Å². The molecular weight excluding hydrogens is 426 g/mol. The van der Waals surface area contributed by atoms with Gasteiger partial charge in [0.05, 0.1) is 5.69 Å². The summed E-state index contributed by atoms with van der Waals surface area (Å²) in [7, 11) is 0. The predicted octanol–water partition coefficient (Wildman–Crippen LogP) is 3.67. The van der Waals surface area contributed by atoms with E-state index in [1.165, 1.54) is 12.8 Å². The number of nitrogens with zero attached hydrogens (tertiary/aromatic N) is 5. The molecule has 0 bridgehead atoms. The number of benzene rings is 1. The molecule has 9 nitrogen and oxygen atoms in total. The molecule has 0 radical (unpaired) electrons. The molecule has 1 atom stereocenters. The van der Waals surface area contributed by atoms with Crippen LogP contribution < -0.4 is 22.5 Å². The molecule has 1 aliphatic carbocycles. The zero-order chi connectivity index (χ0) is 23.7. The summed E-state index contributed by atoms with van der Waals surface area (Å²) in [4.78, 5) is 18.6. The number of nitrogens with two attached hydrogens (primary N) is 3. The summed E-state index contributed by atoms with van der Waals surface area (Å²) in [6, 6.07) is 12.1. The molecule has 5 rings (SSSR count). The molecule has 0 amide bonds. The van der Waals surface area contributed by atoms with Crippen molar-refractivity contribution in [2.24, 2.45) is 5.73 Å². The van der Waals surface area contributed by atoms with Crippen molar-refractivity contribution in [3.05, 3.63) is 54.0 Å². The Morgan fingerprint density at radius 3 is 2.56 bits per heavy atom. The first-order valence-corrected chi connectivity index (χ1v) is 11.8. The standard InChI is InChI=1S/C25H31N9/c1-15(26)12-21-31-22-23(32-25(28)33-24(22)34(21)17-6-2-3-7-17)30-14-16-10-11-20(29-13-16)18-8-4-5-9-19(18)27/h4-5,8-11,13,15,17H,2-3,6-7,12,14,26-27H2,1H3,(H3,28,30,32,33). The summed E-state index contributed by atoms with van der Waals surface area (Å²) in [6.45, 7) is 2.53. The average Bonchev–Trinajstić information content (AvgIpc) is 3.45. The molecule has 1 saturated carbocycles. The lowest BCUT2D eigenvalue weighted by Gasteiger charge is -2.16. The van der Waals surface area contributed by atoms with Crippen molar-refractivity contribution in [2.75, 3.05) is 16.8 Å². The van der Waals surface area contributed by atoms with Crippen LogP contribution in [-0.4, -0.2) is 30.5 Å². The molecule has 176 valence electrons. The fraction of sp³-hybridized carbons (Fsp3) is 0.360. The second-order valence-corrected chi connectivity index (χ2v) is 9.11. The molecule has 0 saturated heterocycles. The number of imidazole rings is 1. The molecule has 3 heterocycles. The van der Waals surface area contributed by atoms with Gasteiger partial charge in [-0.2, -0.15) is 9.97 Å². The highest BCUT2D eigenvalue weighted by Crippen LogP contribution is 2.35. The van der Waals surface area contributed by atoms with Crippen LogP contribution in [0.15, 0.2) is 42.6 Å². The smallest absolute Gasteiger partial charge is 0.224 e. The minimum absolute atomic E-state index is 0.00178. The molecule has 1 aromatic carbocycles. The second-order valence-electron chi connectivity index (χ2n) is 9.11. The molecule has 34 heavy (non-hydrogen) atoms. The Kier molecular flexibility index (Phi) is 6.02. The van der Waals surface area contributed by atoms with Gasteiger partial charge in [-0.1, -0.05) is 37.1 Å². The Balaban J connectivity index is 1.43. The Morgan fingerprint density at radius 2 is 1.85 bits per heavy atom. The molecule has 4 aromatic rings. The van der Waals surface area contributed by atoms with Crippen molar-refractivity contribution in [3.63, 3.8) is 0 Å². The zero-order valence-electron chi connectivity index (χ0n) is 19.4. The van der Waals surface area contributed by atoms with E-state index in [4.69, 9.17) is 22.2 Å². The minimum Gasteiger partial charge on any atom is -0.398 e. The number of nitrogen functional groups attached to an aromatic ring is 2. The van der Waals surface area contributed by atoms with Crippen molar-refractivity contribution in [1.29, 1.82) is 0 Å². The van der Waals surface area contributed by atoms with Crippen molar-refractivity contribution in [3.8, 4) is 11.3 Å². The molecule has 1 aliphatic rings. The SMILES string of the molecule is CC(N)Cc1nc2c(NCc3ccc(-c4ccccc4N)nc3)nc(N)nc2n1C1CCCC1. The van der Waals surface area contributed by atoms with Gasteiger partial charge in [0, 0.05) is 42.5 Å². The summed E-state index contributed by atoms with van der Waals surface area (Å²) in [5.74, 6) is 1.81. The Labute approximate surface area is 198 Å². The van der Waals surface area contributed by atoms with Crippen molar-refractivity contribution < 1.29 is 0 Å². The summed E-state index contributed by atoms with van der Waals surface area (Å²) in [6.07, 6.45) is 7.19. The molecular formula is C25H31N9. The Bertz CT molecular complexity index is 1290. The van der Waals surface area contributed by atoms with E-state index >= 15 is 0 Å². The number of hydrogen-bond donors (Lipinski definition) is 4. The molecule has 3 aromatic heterocycles. The topological polar surface area (TPSA) is 147 Å². The molecule has 1 fully saturated rings. The minimum atomic E-state index is 0.00178. The van der Waals surface area contributed by atoms with Crippen molar-refractivity contribution in [2.45, 2.75) is 57.7 Å². The first-order valence-electron chi connectivity index (χ1n) is 11.8. The number of fused-ring (bicyclic) bond motifs is 1. The van der Waals surface area contributed by atoms with Gasteiger partial charge in [0.1, 0.15) is 5.82 Å². The van der Waals surface area contributed by atoms with Crippen LogP contribution in [0.4, 0.5) is 17.5 Å². The summed E-state index contributed by atoms with van der Waals surface area (Å²) in [5, 5.41) is 3.40. The van der Waals surface area contributed by atoms with Gasteiger partial charge >= 0.3 is 0 Å². The van der Waals surface area contributed by atoms with E-state index in [0.29, 0.717) is 30.5 Å². The lowest BCUT2D eigenvalue weighted by Crippen LogP contribution is -2.21. The van der Waals surface area contributed by atoms with Gasteiger partial charge in [0.15, 0.2) is 17.0 Å². The van der Waals surface area contributed by atoms with E-state index < -0.39 is 0 Å². The number of nitrogens with one attached hydrogen (secondary N) is 1. The first kappa shape index (κ1) is 22.1. The van der Waals surface area contributed by atoms with Crippen molar-refractivity contribution in [1.82, 2.24) is 24.5 Å². The number of anilines is 3. The third-order valence-electron chi connectivity index (χ3n) is 6.35. The molecule has 1 unspecified atom stereocenters. The predicted molar refractivity (Wildman–Crippen MR) is 136 cm³/mol. The maximum Gasteiger partial charge on any atom is 0.224 e. The number of para-hydroxylation sites is 1. The summed E-state index contributed by atoms with van der Waals surface area (Å²) < 4.78 is 2.25. The third-order valence-corrected chi connectivity index (χ3v) is 6.35. The van der Waals surface area contributed by atoms with E-state index in [-0.39, 0.29) is 12.0 Å². The van der Waals surface area contributed by atoms with Crippen LogP contribution in [0.5, 0.6) is 0 Å². The van der Waals surface area contributed by atoms with Crippen molar-refractivity contribution >= 4 is 28.6 Å². The lowest BCUT2D eigenvalue weighted by molar-refractivity contribution is 0.499. The van der Waals surface area contributed by atoms with E-state index in [1.54, 1.807) is 0 Å². The van der Waals surface area contributed by atoms with E-state index in [0.717, 1.165) is 46.7 Å². The van der Waals surface area contributed by atoms with E-state index in [1.807, 2.05) is 49.5 Å². The number of hydrogen-bond acceptors (Lipinski definition) is 8. The molecule has 7 N–H and O–H groups in total. The Hall–Kier alpha value is -3.72. The monoisotopic (exact) mass is 457 g/mol. The lowest BCUT2D eigenvalue weighted by atomic mass is 10.1. The van der Waals surface area contributed by atoms with Gasteiger partial charge in [-0.05, 0) is 37.5 Å².